The summed E-state index contributed by atoms with van der Waals surface area (Å²) in [5.41, 5.74) is 3.96. The Bertz CT molecular complexity index is 678. The highest BCUT2D eigenvalue weighted by Crippen LogP contribution is 2.37. The van der Waals surface area contributed by atoms with Crippen LogP contribution >= 0.6 is 0 Å². The van der Waals surface area contributed by atoms with Gasteiger partial charge in [-0.25, -0.2) is 4.79 Å². The third-order valence-electron chi connectivity index (χ3n) is 3.36. The highest BCUT2D eigenvalue weighted by atomic mass is 16.5. The van der Waals surface area contributed by atoms with Crippen molar-refractivity contribution in [3.8, 4) is 16.9 Å². The van der Waals surface area contributed by atoms with Crippen LogP contribution in [-0.4, -0.2) is 5.97 Å². The van der Waals surface area contributed by atoms with Gasteiger partial charge in [0.1, 0.15) is 5.75 Å². The number of ether oxygens (including phenoxy) is 1. The lowest BCUT2D eigenvalue weighted by atomic mass is 9.95. The van der Waals surface area contributed by atoms with E-state index in [2.05, 4.69) is 13.8 Å². The fraction of sp³-hybridized carbons (Fsp3) is 0.250. The summed E-state index contributed by atoms with van der Waals surface area (Å²) in [5, 5.41) is 0. The summed E-state index contributed by atoms with van der Waals surface area (Å²) in [6.45, 7) is 7.96. The van der Waals surface area contributed by atoms with Gasteiger partial charge in [0.05, 0.1) is 0 Å². The number of benzene rings is 2. The van der Waals surface area contributed by atoms with Crippen LogP contribution in [-0.2, 0) is 4.79 Å². The minimum atomic E-state index is -0.328. The minimum absolute atomic E-state index is 0.276. The van der Waals surface area contributed by atoms with Crippen LogP contribution < -0.4 is 4.74 Å². The molecule has 0 heterocycles. The number of esters is 1. The quantitative estimate of drug-likeness (QED) is 0.432. The number of carbonyl (C=O) groups excluding carboxylic acids is 1. The predicted octanol–water partition coefficient (Wildman–Crippen LogP) is 5.35. The summed E-state index contributed by atoms with van der Waals surface area (Å²) in [5.74, 6) is 0.606. The first-order chi connectivity index (χ1) is 10.5. The van der Waals surface area contributed by atoms with Crippen LogP contribution in [0.15, 0.2) is 60.2 Å². The highest BCUT2D eigenvalue weighted by molar-refractivity contribution is 5.87. The summed E-state index contributed by atoms with van der Waals surface area (Å²) in [6.07, 6.45) is 1.52. The molecule has 0 radical (unpaired) electrons. The van der Waals surface area contributed by atoms with E-state index in [0.717, 1.165) is 22.3 Å². The summed E-state index contributed by atoms with van der Waals surface area (Å²) in [6, 6.07) is 16.0. The molecule has 0 bridgehead atoms. The van der Waals surface area contributed by atoms with Crippen molar-refractivity contribution in [2.24, 2.45) is 0 Å². The lowest BCUT2D eigenvalue weighted by Crippen LogP contribution is -2.08. The van der Waals surface area contributed by atoms with Gasteiger partial charge in [0.2, 0.25) is 0 Å². The van der Waals surface area contributed by atoms with Gasteiger partial charge >= 0.3 is 5.97 Å². The molecule has 0 saturated carbocycles. The molecule has 0 aliphatic carbocycles. The maximum Gasteiger partial charge on any atom is 0.336 e. The molecule has 0 fully saturated rings. The maximum absolute atomic E-state index is 12.1. The van der Waals surface area contributed by atoms with Crippen molar-refractivity contribution >= 4 is 5.97 Å². The molecule has 2 aromatic rings. The molecule has 2 nitrogen and oxygen atoms in total. The molecule has 0 aliphatic rings. The van der Waals surface area contributed by atoms with Gasteiger partial charge in [0.15, 0.2) is 0 Å². The first-order valence-corrected chi connectivity index (χ1v) is 7.54. The molecule has 2 aromatic carbocycles. The standard InChI is InChI=1S/C20H22O2/c1-14(2)13-19(21)22-20-17(15(3)4)11-8-12-18(20)16-9-6-5-7-10-16/h5-13,15H,1-4H3. The Labute approximate surface area is 132 Å². The molecule has 0 aromatic heterocycles. The van der Waals surface area contributed by atoms with Gasteiger partial charge in [-0.05, 0) is 30.9 Å². The number of allylic oxidation sites excluding steroid dienone is 1. The summed E-state index contributed by atoms with van der Waals surface area (Å²) >= 11 is 0. The minimum Gasteiger partial charge on any atom is -0.422 e. The van der Waals surface area contributed by atoms with Crippen LogP contribution in [0.25, 0.3) is 11.1 Å². The molecule has 0 aliphatic heterocycles. The van der Waals surface area contributed by atoms with Crippen LogP contribution in [0.5, 0.6) is 5.75 Å². The lowest BCUT2D eigenvalue weighted by Gasteiger charge is -2.16. The molecule has 0 unspecified atom stereocenters. The summed E-state index contributed by atoms with van der Waals surface area (Å²) in [7, 11) is 0. The number of rotatable bonds is 4. The van der Waals surface area contributed by atoms with Crippen molar-refractivity contribution in [1.82, 2.24) is 0 Å². The van der Waals surface area contributed by atoms with E-state index >= 15 is 0 Å². The monoisotopic (exact) mass is 294 g/mol. The van der Waals surface area contributed by atoms with E-state index < -0.39 is 0 Å². The number of para-hydroxylation sites is 1. The van der Waals surface area contributed by atoms with Crippen LogP contribution in [0.2, 0.25) is 0 Å². The van der Waals surface area contributed by atoms with E-state index in [1.54, 1.807) is 0 Å². The Hall–Kier alpha value is -2.35. The van der Waals surface area contributed by atoms with Crippen LogP contribution in [0.3, 0.4) is 0 Å². The van der Waals surface area contributed by atoms with E-state index in [1.807, 2.05) is 62.4 Å². The van der Waals surface area contributed by atoms with Crippen molar-refractivity contribution in [3.63, 3.8) is 0 Å². The Balaban J connectivity index is 2.53. The molecule has 2 heteroatoms. The first-order valence-electron chi connectivity index (χ1n) is 7.54. The Kier molecular flexibility index (Phi) is 5.16. The van der Waals surface area contributed by atoms with Gasteiger partial charge in [-0.1, -0.05) is 68.0 Å². The van der Waals surface area contributed by atoms with Crippen molar-refractivity contribution in [1.29, 1.82) is 0 Å². The molecular weight excluding hydrogens is 272 g/mol. The third-order valence-corrected chi connectivity index (χ3v) is 3.36. The van der Waals surface area contributed by atoms with Crippen LogP contribution in [0.4, 0.5) is 0 Å². The Morgan fingerprint density at radius 2 is 1.68 bits per heavy atom. The molecule has 114 valence electrons. The largest absolute Gasteiger partial charge is 0.422 e. The highest BCUT2D eigenvalue weighted by Gasteiger charge is 2.16. The predicted molar refractivity (Wildman–Crippen MR) is 91.0 cm³/mol. The van der Waals surface area contributed by atoms with E-state index in [4.69, 9.17) is 4.74 Å². The average Bonchev–Trinajstić information content (AvgIpc) is 2.47. The van der Waals surface area contributed by atoms with Crippen molar-refractivity contribution in [2.75, 3.05) is 0 Å². The third kappa shape index (κ3) is 3.85. The fourth-order valence-corrected chi connectivity index (χ4v) is 2.33. The topological polar surface area (TPSA) is 26.3 Å². The molecule has 0 spiro atoms. The van der Waals surface area contributed by atoms with E-state index in [1.165, 1.54) is 6.08 Å². The van der Waals surface area contributed by atoms with Gasteiger partial charge in [-0.2, -0.15) is 0 Å². The second kappa shape index (κ2) is 7.08. The summed E-state index contributed by atoms with van der Waals surface area (Å²) < 4.78 is 5.69. The van der Waals surface area contributed by atoms with E-state index in [9.17, 15) is 4.79 Å². The lowest BCUT2D eigenvalue weighted by molar-refractivity contribution is -0.129. The molecular formula is C20H22O2. The molecule has 0 N–H and O–H groups in total. The van der Waals surface area contributed by atoms with Gasteiger partial charge in [0.25, 0.3) is 0 Å². The maximum atomic E-state index is 12.1. The van der Waals surface area contributed by atoms with Gasteiger partial charge < -0.3 is 4.74 Å². The van der Waals surface area contributed by atoms with Gasteiger partial charge in [-0.3, -0.25) is 0 Å². The summed E-state index contributed by atoms with van der Waals surface area (Å²) in [4.78, 5) is 12.1. The zero-order chi connectivity index (χ0) is 16.1. The van der Waals surface area contributed by atoms with E-state index in [0.29, 0.717) is 5.75 Å². The second-order valence-electron chi connectivity index (χ2n) is 5.89. The molecule has 0 atom stereocenters. The van der Waals surface area contributed by atoms with Crippen molar-refractivity contribution in [3.05, 3.63) is 65.7 Å². The Morgan fingerprint density at radius 1 is 1.00 bits per heavy atom. The molecule has 0 amide bonds. The molecule has 2 rings (SSSR count). The van der Waals surface area contributed by atoms with Gasteiger partial charge in [0, 0.05) is 11.6 Å². The molecule has 0 saturated heterocycles. The zero-order valence-electron chi connectivity index (χ0n) is 13.6. The van der Waals surface area contributed by atoms with Gasteiger partial charge in [-0.15, -0.1) is 0 Å². The van der Waals surface area contributed by atoms with E-state index in [-0.39, 0.29) is 11.9 Å². The average molecular weight is 294 g/mol. The zero-order valence-corrected chi connectivity index (χ0v) is 13.6. The molecule has 22 heavy (non-hydrogen) atoms. The smallest absolute Gasteiger partial charge is 0.336 e. The van der Waals surface area contributed by atoms with Crippen molar-refractivity contribution in [2.45, 2.75) is 33.6 Å². The number of hydrogen-bond acceptors (Lipinski definition) is 2. The fourth-order valence-electron chi connectivity index (χ4n) is 2.33. The first kappa shape index (κ1) is 16.0. The number of carbonyl (C=O) groups is 1. The normalized spacial score (nSPS) is 10.4. The second-order valence-corrected chi connectivity index (χ2v) is 5.89. The van der Waals surface area contributed by atoms with Crippen LogP contribution in [0, 0.1) is 0 Å². The van der Waals surface area contributed by atoms with Crippen molar-refractivity contribution < 1.29 is 9.53 Å². The van der Waals surface area contributed by atoms with Crippen LogP contribution in [0.1, 0.15) is 39.2 Å². The SMILES string of the molecule is CC(C)=CC(=O)Oc1c(-c2ccccc2)cccc1C(C)C. The number of hydrogen-bond donors (Lipinski definition) is 0. The Morgan fingerprint density at radius 3 is 2.27 bits per heavy atom.